The van der Waals surface area contributed by atoms with Gasteiger partial charge in [-0.3, -0.25) is 0 Å². The summed E-state index contributed by atoms with van der Waals surface area (Å²) in [5.41, 5.74) is 0. The normalized spacial score (nSPS) is 12.8. The molecule has 7 heteroatoms. The molecule has 0 aliphatic heterocycles. The lowest BCUT2D eigenvalue weighted by Crippen LogP contribution is -2.38. The van der Waals surface area contributed by atoms with Gasteiger partial charge in [-0.15, -0.1) is 0 Å². The molecule has 0 aliphatic rings. The molecule has 0 rings (SSSR count). The van der Waals surface area contributed by atoms with Crippen molar-refractivity contribution in [2.75, 3.05) is 25.4 Å². The molecule has 0 spiro atoms. The van der Waals surface area contributed by atoms with Gasteiger partial charge in [-0.1, -0.05) is 0 Å². The van der Waals surface area contributed by atoms with Crippen molar-refractivity contribution in [1.82, 2.24) is 4.31 Å². The highest BCUT2D eigenvalue weighted by Gasteiger charge is 2.22. The van der Waals surface area contributed by atoms with Gasteiger partial charge in [0.05, 0.1) is 18.9 Å². The minimum Gasteiger partial charge on any atom is -0.395 e. The number of aliphatic hydroxyl groups is 1. The number of halogens is 2. The average molecular weight is 217 g/mol. The van der Waals surface area contributed by atoms with Crippen LogP contribution in [0.5, 0.6) is 0 Å². The van der Waals surface area contributed by atoms with Crippen LogP contribution in [0.2, 0.25) is 0 Å². The van der Waals surface area contributed by atoms with E-state index in [-0.39, 0.29) is 12.3 Å². The summed E-state index contributed by atoms with van der Waals surface area (Å²) in [6.07, 6.45) is -2.71. The molecule has 4 nitrogen and oxygen atoms in total. The van der Waals surface area contributed by atoms with Crippen molar-refractivity contribution >= 4 is 10.0 Å². The van der Waals surface area contributed by atoms with Crippen molar-refractivity contribution in [3.8, 4) is 0 Å². The highest BCUT2D eigenvalue weighted by molar-refractivity contribution is 7.89. The number of sulfonamides is 1. The molecular weight excluding hydrogens is 204 g/mol. The highest BCUT2D eigenvalue weighted by atomic mass is 32.2. The van der Waals surface area contributed by atoms with Crippen LogP contribution < -0.4 is 0 Å². The maximum absolute atomic E-state index is 11.9. The standard InChI is InChI=1S/C6H13F2NO3S/c1-2-13(11,12)9(3-4-10)5-6(7)8/h6,10H,2-5H2,1H3. The lowest BCUT2D eigenvalue weighted by atomic mass is 10.6. The number of hydrogen-bond donors (Lipinski definition) is 1. The molecule has 0 aliphatic carbocycles. The Kier molecular flexibility index (Phi) is 5.34. The molecule has 0 bridgehead atoms. The van der Waals surface area contributed by atoms with Crippen LogP contribution in [0.15, 0.2) is 0 Å². The van der Waals surface area contributed by atoms with Gasteiger partial charge < -0.3 is 5.11 Å². The Morgan fingerprint density at radius 3 is 2.31 bits per heavy atom. The minimum absolute atomic E-state index is 0.236. The van der Waals surface area contributed by atoms with Crippen molar-refractivity contribution in [3.05, 3.63) is 0 Å². The van der Waals surface area contributed by atoms with Crippen LogP contribution in [-0.2, 0) is 10.0 Å². The van der Waals surface area contributed by atoms with E-state index in [2.05, 4.69) is 0 Å². The van der Waals surface area contributed by atoms with Gasteiger partial charge in [0.1, 0.15) is 0 Å². The van der Waals surface area contributed by atoms with Gasteiger partial charge in [-0.25, -0.2) is 17.2 Å². The summed E-state index contributed by atoms with van der Waals surface area (Å²) in [6.45, 7) is -0.214. The van der Waals surface area contributed by atoms with Crippen LogP contribution >= 0.6 is 0 Å². The number of hydrogen-bond acceptors (Lipinski definition) is 3. The van der Waals surface area contributed by atoms with Gasteiger partial charge in [0.25, 0.3) is 6.43 Å². The molecule has 0 aromatic carbocycles. The average Bonchev–Trinajstić information content (AvgIpc) is 2.03. The van der Waals surface area contributed by atoms with E-state index >= 15 is 0 Å². The number of aliphatic hydroxyl groups excluding tert-OH is 1. The second-order valence-electron chi connectivity index (χ2n) is 2.37. The zero-order valence-electron chi connectivity index (χ0n) is 7.28. The van der Waals surface area contributed by atoms with Gasteiger partial charge in [-0.05, 0) is 6.92 Å². The van der Waals surface area contributed by atoms with Crippen LogP contribution in [0.4, 0.5) is 8.78 Å². The largest absolute Gasteiger partial charge is 0.395 e. The highest BCUT2D eigenvalue weighted by Crippen LogP contribution is 2.05. The maximum atomic E-state index is 11.9. The number of alkyl halides is 2. The molecule has 13 heavy (non-hydrogen) atoms. The first-order valence-electron chi connectivity index (χ1n) is 3.81. The molecule has 0 aromatic heterocycles. The summed E-state index contributed by atoms with van der Waals surface area (Å²) in [6, 6.07) is 0. The summed E-state index contributed by atoms with van der Waals surface area (Å²) in [5, 5.41) is 8.46. The predicted molar refractivity (Wildman–Crippen MR) is 44.1 cm³/mol. The predicted octanol–water partition coefficient (Wildman–Crippen LogP) is -0.104. The summed E-state index contributed by atoms with van der Waals surface area (Å²) < 4.78 is 46.6. The van der Waals surface area contributed by atoms with Crippen LogP contribution in [0.1, 0.15) is 6.92 Å². The Morgan fingerprint density at radius 2 is 2.00 bits per heavy atom. The zero-order valence-corrected chi connectivity index (χ0v) is 8.10. The molecule has 0 radical (unpaired) electrons. The van der Waals surface area contributed by atoms with Gasteiger partial charge in [0, 0.05) is 6.54 Å². The molecule has 1 N–H and O–H groups in total. The van der Waals surface area contributed by atoms with Crippen molar-refractivity contribution in [2.45, 2.75) is 13.3 Å². The fourth-order valence-electron chi connectivity index (χ4n) is 0.792. The molecule has 0 heterocycles. The number of nitrogens with zero attached hydrogens (tertiary/aromatic N) is 1. The Balaban J connectivity index is 4.41. The summed E-state index contributed by atoms with van der Waals surface area (Å²) in [5.74, 6) is -0.236. The van der Waals surface area contributed by atoms with Gasteiger partial charge in [0.15, 0.2) is 0 Å². The van der Waals surface area contributed by atoms with E-state index in [4.69, 9.17) is 5.11 Å². The van der Waals surface area contributed by atoms with Crippen LogP contribution in [-0.4, -0.2) is 49.7 Å². The van der Waals surface area contributed by atoms with E-state index in [1.165, 1.54) is 6.92 Å². The van der Waals surface area contributed by atoms with Gasteiger partial charge in [0.2, 0.25) is 10.0 Å². The van der Waals surface area contributed by atoms with Crippen molar-refractivity contribution < 1.29 is 22.3 Å². The molecule has 0 atom stereocenters. The Hall–Kier alpha value is -0.270. The SMILES string of the molecule is CCS(=O)(=O)N(CCO)CC(F)F. The first-order valence-corrected chi connectivity index (χ1v) is 5.41. The molecule has 0 unspecified atom stereocenters. The number of rotatable bonds is 6. The third kappa shape index (κ3) is 4.49. The topological polar surface area (TPSA) is 57.6 Å². The third-order valence-corrected chi connectivity index (χ3v) is 3.30. The van der Waals surface area contributed by atoms with Crippen LogP contribution in [0, 0.1) is 0 Å². The first kappa shape index (κ1) is 12.7. The van der Waals surface area contributed by atoms with E-state index in [0.29, 0.717) is 4.31 Å². The van der Waals surface area contributed by atoms with E-state index in [9.17, 15) is 17.2 Å². The van der Waals surface area contributed by atoms with E-state index in [0.717, 1.165) is 0 Å². The van der Waals surface area contributed by atoms with E-state index < -0.39 is 29.6 Å². The van der Waals surface area contributed by atoms with Crippen molar-refractivity contribution in [2.24, 2.45) is 0 Å². The molecule has 80 valence electrons. The van der Waals surface area contributed by atoms with E-state index in [1.807, 2.05) is 0 Å². The molecule has 0 aromatic rings. The summed E-state index contributed by atoms with van der Waals surface area (Å²) >= 11 is 0. The van der Waals surface area contributed by atoms with Gasteiger partial charge >= 0.3 is 0 Å². The second-order valence-corrected chi connectivity index (χ2v) is 4.63. The first-order chi connectivity index (χ1) is 5.94. The quantitative estimate of drug-likeness (QED) is 0.675. The van der Waals surface area contributed by atoms with Crippen LogP contribution in [0.25, 0.3) is 0 Å². The Labute approximate surface area is 76.2 Å². The zero-order chi connectivity index (χ0) is 10.5. The Morgan fingerprint density at radius 1 is 1.46 bits per heavy atom. The second kappa shape index (κ2) is 5.46. The smallest absolute Gasteiger partial charge is 0.252 e. The van der Waals surface area contributed by atoms with E-state index in [1.54, 1.807) is 0 Å². The fraction of sp³-hybridized carbons (Fsp3) is 1.00. The molecule has 0 saturated carbocycles. The summed E-state index contributed by atoms with van der Waals surface area (Å²) in [4.78, 5) is 0. The molecule has 0 fully saturated rings. The molecule has 0 amide bonds. The fourth-order valence-corrected chi connectivity index (χ4v) is 1.86. The third-order valence-electron chi connectivity index (χ3n) is 1.45. The lowest BCUT2D eigenvalue weighted by Gasteiger charge is -2.19. The summed E-state index contributed by atoms with van der Waals surface area (Å²) in [7, 11) is -3.62. The lowest BCUT2D eigenvalue weighted by molar-refractivity contribution is 0.113. The van der Waals surface area contributed by atoms with Gasteiger partial charge in [-0.2, -0.15) is 4.31 Å². The monoisotopic (exact) mass is 217 g/mol. The van der Waals surface area contributed by atoms with Crippen molar-refractivity contribution in [3.63, 3.8) is 0 Å². The Bertz CT molecular complexity index is 230. The van der Waals surface area contributed by atoms with Crippen molar-refractivity contribution in [1.29, 1.82) is 0 Å². The minimum atomic E-state index is -3.62. The molecular formula is C6H13F2NO3S. The maximum Gasteiger partial charge on any atom is 0.252 e. The molecule has 0 saturated heterocycles. The van der Waals surface area contributed by atoms with Crippen LogP contribution in [0.3, 0.4) is 0 Å².